The Morgan fingerprint density at radius 3 is 2.48 bits per heavy atom. The number of anilines is 1. The molecule has 3 aromatic rings. The number of benzene rings is 2. The second-order valence-corrected chi connectivity index (χ2v) is 12.6. The highest BCUT2D eigenvalue weighted by molar-refractivity contribution is 7.99. The van der Waals surface area contributed by atoms with E-state index in [1.807, 2.05) is 4.90 Å². The van der Waals surface area contributed by atoms with Gasteiger partial charge in [0.25, 0.3) is 0 Å². The zero-order chi connectivity index (χ0) is 31.7. The van der Waals surface area contributed by atoms with Crippen LogP contribution in [-0.4, -0.2) is 82.0 Å². The van der Waals surface area contributed by atoms with Gasteiger partial charge in [0.05, 0.1) is 17.1 Å². The van der Waals surface area contributed by atoms with E-state index in [2.05, 4.69) is 11.6 Å². The zero-order valence-corrected chi connectivity index (χ0v) is 24.7. The number of rotatable bonds is 5. The summed E-state index contributed by atoms with van der Waals surface area (Å²) < 4.78 is 88.4. The van der Waals surface area contributed by atoms with Crippen molar-refractivity contribution in [1.29, 1.82) is 0 Å². The third-order valence-corrected chi connectivity index (χ3v) is 9.77. The van der Waals surface area contributed by atoms with E-state index in [4.69, 9.17) is 0 Å². The Balaban J connectivity index is 1.62. The number of carbonyl (C=O) groups is 1. The van der Waals surface area contributed by atoms with Crippen molar-refractivity contribution in [2.24, 2.45) is 0 Å². The average molecular weight is 638 g/mol. The molecule has 0 saturated carbocycles. The highest BCUT2D eigenvalue weighted by atomic mass is 32.2. The van der Waals surface area contributed by atoms with E-state index >= 15 is 4.39 Å². The lowest BCUT2D eigenvalue weighted by atomic mass is 9.95. The van der Waals surface area contributed by atoms with Crippen LogP contribution in [0.1, 0.15) is 25.5 Å². The minimum absolute atomic E-state index is 0.0261. The predicted octanol–water partition coefficient (Wildman–Crippen LogP) is 5.27. The number of aromatic nitrogens is 2. The van der Waals surface area contributed by atoms with Gasteiger partial charge in [-0.15, -0.1) is 11.8 Å². The van der Waals surface area contributed by atoms with Crippen molar-refractivity contribution in [3.63, 3.8) is 0 Å². The number of nitrogens with zero attached hydrogens (tertiary/aromatic N) is 5. The number of alkyl halides is 4. The highest BCUT2D eigenvalue weighted by Crippen LogP contribution is 2.50. The molecule has 0 aliphatic carbocycles. The Bertz CT molecular complexity index is 1720. The molecular formula is C30H29F6N5O2S. The van der Waals surface area contributed by atoms with E-state index in [0.717, 1.165) is 30.0 Å². The standard InChI is InChI=1S/C30H29F6N5O2S/c1-4-24(42)39-9-16(3)40(10-15(39)2)28-21-8-22(30(34,35)36)25(20-6-5-17(31)7-23(20)33)27-26(21)41(29(43)37-28)19(14-44-27)13-38-11-18(32)12-38/h4-8,15-16,18-19H,1,9-14H2,2-3H3/t15-,16+,19?/m1/s1. The molecule has 4 heterocycles. The first-order chi connectivity index (χ1) is 20.8. The second kappa shape index (κ2) is 11.1. The maximum atomic E-state index is 15.2. The third kappa shape index (κ3) is 5.15. The maximum Gasteiger partial charge on any atom is 0.417 e. The molecule has 1 amide bonds. The molecule has 234 valence electrons. The fraction of sp³-hybridized carbons (Fsp3) is 0.433. The van der Waals surface area contributed by atoms with Crippen LogP contribution in [0, 0.1) is 11.6 Å². The van der Waals surface area contributed by atoms with Crippen molar-refractivity contribution in [1.82, 2.24) is 19.4 Å². The smallest absolute Gasteiger partial charge is 0.349 e. The van der Waals surface area contributed by atoms with Crippen LogP contribution in [-0.2, 0) is 11.0 Å². The van der Waals surface area contributed by atoms with E-state index in [1.165, 1.54) is 10.6 Å². The van der Waals surface area contributed by atoms with Crippen molar-refractivity contribution in [3.05, 3.63) is 64.6 Å². The van der Waals surface area contributed by atoms with Crippen molar-refractivity contribution in [3.8, 4) is 11.1 Å². The summed E-state index contributed by atoms with van der Waals surface area (Å²) in [4.78, 5) is 35.8. The number of thioether (sulfide) groups is 1. The molecular weight excluding hydrogens is 608 g/mol. The number of amides is 1. The lowest BCUT2D eigenvalue weighted by Crippen LogP contribution is -2.58. The Labute approximate surface area is 253 Å². The van der Waals surface area contributed by atoms with E-state index in [1.54, 1.807) is 23.6 Å². The molecule has 3 atom stereocenters. The summed E-state index contributed by atoms with van der Waals surface area (Å²) in [6.45, 7) is 8.13. The van der Waals surface area contributed by atoms with Crippen LogP contribution in [0.2, 0.25) is 0 Å². The Hall–Kier alpha value is -3.52. The molecule has 0 N–H and O–H groups in total. The predicted molar refractivity (Wildman–Crippen MR) is 156 cm³/mol. The number of halogens is 6. The Morgan fingerprint density at radius 1 is 1.11 bits per heavy atom. The fourth-order valence-electron chi connectivity index (χ4n) is 6.43. The minimum Gasteiger partial charge on any atom is -0.349 e. The molecule has 1 aromatic heterocycles. The number of hydrogen-bond donors (Lipinski definition) is 0. The van der Waals surface area contributed by atoms with Gasteiger partial charge in [-0.05, 0) is 38.1 Å². The lowest BCUT2D eigenvalue weighted by Gasteiger charge is -2.45. The average Bonchev–Trinajstić information content (AvgIpc) is 2.94. The summed E-state index contributed by atoms with van der Waals surface area (Å²) in [5, 5.41) is 0.0462. The zero-order valence-electron chi connectivity index (χ0n) is 23.9. The summed E-state index contributed by atoms with van der Waals surface area (Å²) in [6, 6.07) is 1.92. The summed E-state index contributed by atoms with van der Waals surface area (Å²) >= 11 is 1.05. The van der Waals surface area contributed by atoms with Gasteiger partial charge < -0.3 is 9.80 Å². The monoisotopic (exact) mass is 637 g/mol. The Morgan fingerprint density at radius 2 is 1.84 bits per heavy atom. The minimum atomic E-state index is -4.95. The molecule has 44 heavy (non-hydrogen) atoms. The topological polar surface area (TPSA) is 61.7 Å². The maximum absolute atomic E-state index is 15.2. The Kier molecular flexibility index (Phi) is 7.71. The number of likely N-dealkylation sites (tertiary alicyclic amines) is 1. The van der Waals surface area contributed by atoms with Crippen LogP contribution in [0.25, 0.3) is 22.0 Å². The summed E-state index contributed by atoms with van der Waals surface area (Å²) in [5.74, 6) is -2.22. The van der Waals surface area contributed by atoms with Gasteiger partial charge in [0.15, 0.2) is 0 Å². The van der Waals surface area contributed by atoms with Gasteiger partial charge in [-0.25, -0.2) is 18.0 Å². The lowest BCUT2D eigenvalue weighted by molar-refractivity contribution is -0.137. The van der Waals surface area contributed by atoms with Crippen LogP contribution in [0.4, 0.5) is 32.2 Å². The van der Waals surface area contributed by atoms with Gasteiger partial charge >= 0.3 is 11.9 Å². The fourth-order valence-corrected chi connectivity index (χ4v) is 7.75. The number of carbonyl (C=O) groups excluding carboxylic acids is 1. The van der Waals surface area contributed by atoms with Crippen molar-refractivity contribution in [2.45, 2.75) is 49.2 Å². The quantitative estimate of drug-likeness (QED) is 0.281. The largest absolute Gasteiger partial charge is 0.417 e. The summed E-state index contributed by atoms with van der Waals surface area (Å²) in [5.41, 5.74) is -2.61. The normalized spacial score (nSPS) is 22.8. The molecule has 14 heteroatoms. The van der Waals surface area contributed by atoms with Gasteiger partial charge in [0.2, 0.25) is 5.91 Å². The molecule has 0 bridgehead atoms. The highest BCUT2D eigenvalue weighted by Gasteiger charge is 2.42. The van der Waals surface area contributed by atoms with Gasteiger partial charge in [-0.1, -0.05) is 6.58 Å². The van der Waals surface area contributed by atoms with Crippen LogP contribution >= 0.6 is 11.8 Å². The molecule has 1 unspecified atom stereocenters. The summed E-state index contributed by atoms with van der Waals surface area (Å²) in [7, 11) is 0. The first-order valence-corrected chi connectivity index (χ1v) is 15.1. The van der Waals surface area contributed by atoms with Crippen LogP contribution in [0.5, 0.6) is 0 Å². The van der Waals surface area contributed by atoms with Gasteiger partial charge in [0.1, 0.15) is 23.6 Å². The third-order valence-electron chi connectivity index (χ3n) is 8.53. The molecule has 7 nitrogen and oxygen atoms in total. The number of piperazine rings is 1. The van der Waals surface area contributed by atoms with E-state index in [9.17, 15) is 31.5 Å². The van der Waals surface area contributed by atoms with Gasteiger partial charge in [-0.2, -0.15) is 18.2 Å². The second-order valence-electron chi connectivity index (χ2n) is 11.6. The molecule has 3 aliphatic heterocycles. The molecule has 2 saturated heterocycles. The van der Waals surface area contributed by atoms with Crippen LogP contribution in [0.3, 0.4) is 0 Å². The first kappa shape index (κ1) is 30.5. The molecule has 0 spiro atoms. The van der Waals surface area contributed by atoms with E-state index in [-0.39, 0.29) is 72.0 Å². The molecule has 6 rings (SSSR count). The first-order valence-electron chi connectivity index (χ1n) is 14.1. The molecule has 2 aromatic carbocycles. The van der Waals surface area contributed by atoms with E-state index in [0.29, 0.717) is 6.07 Å². The SMILES string of the molecule is C=CC(=O)N1C[C@H](C)N(c2nc(=O)n3c4c(c(-c5ccc(F)cc5F)c(C(F)(F)F)cc24)SCC3CN2CC(F)C2)C[C@H]1C. The molecule has 0 radical (unpaired) electrons. The van der Waals surface area contributed by atoms with Crippen molar-refractivity contribution in [2.75, 3.05) is 43.4 Å². The molecule has 2 fully saturated rings. The van der Waals surface area contributed by atoms with Crippen molar-refractivity contribution < 1.29 is 31.1 Å². The molecule has 3 aliphatic rings. The van der Waals surface area contributed by atoms with Crippen molar-refractivity contribution >= 4 is 34.4 Å². The van der Waals surface area contributed by atoms with Gasteiger partial charge in [0, 0.05) is 78.0 Å². The van der Waals surface area contributed by atoms with Gasteiger partial charge in [-0.3, -0.25) is 14.3 Å². The van der Waals surface area contributed by atoms with Crippen LogP contribution < -0.4 is 10.6 Å². The van der Waals surface area contributed by atoms with Crippen LogP contribution in [0.15, 0.2) is 46.6 Å². The number of hydrogen-bond acceptors (Lipinski definition) is 6. The van der Waals surface area contributed by atoms with E-state index < -0.39 is 58.4 Å². The summed E-state index contributed by atoms with van der Waals surface area (Å²) in [6.07, 6.45) is -4.75.